The summed E-state index contributed by atoms with van der Waals surface area (Å²) in [6.07, 6.45) is 1.71. The minimum atomic E-state index is 0.745. The molecule has 1 aromatic heterocycles. The number of benzene rings is 2. The fraction of sp³-hybridized carbons (Fsp3) is 0.125. The Hall–Kier alpha value is -1.98. The van der Waals surface area contributed by atoms with Gasteiger partial charge in [-0.1, -0.05) is 35.5 Å². The van der Waals surface area contributed by atoms with Crippen LogP contribution in [0, 0.1) is 0 Å². The molecule has 0 bridgehead atoms. The summed E-state index contributed by atoms with van der Waals surface area (Å²) in [7, 11) is 1.65. The summed E-state index contributed by atoms with van der Waals surface area (Å²) in [5.41, 5.74) is 2.15. The SMILES string of the molecule is COc1ccc(-n2cnnc2SCc2cccc(Cl)c2)cc1. The molecule has 0 amide bonds. The van der Waals surface area contributed by atoms with E-state index in [1.165, 1.54) is 0 Å². The predicted octanol–water partition coefficient (Wildman–Crippen LogP) is 4.22. The molecule has 0 spiro atoms. The van der Waals surface area contributed by atoms with Crippen molar-refractivity contribution in [2.24, 2.45) is 0 Å². The van der Waals surface area contributed by atoms with E-state index in [0.717, 1.165) is 32.9 Å². The number of ether oxygens (including phenoxy) is 1. The van der Waals surface area contributed by atoms with Crippen molar-refractivity contribution < 1.29 is 4.74 Å². The van der Waals surface area contributed by atoms with E-state index in [9.17, 15) is 0 Å². The number of aromatic nitrogens is 3. The highest BCUT2D eigenvalue weighted by atomic mass is 35.5. The summed E-state index contributed by atoms with van der Waals surface area (Å²) in [4.78, 5) is 0. The molecule has 22 heavy (non-hydrogen) atoms. The van der Waals surface area contributed by atoms with Crippen molar-refractivity contribution in [1.82, 2.24) is 14.8 Å². The van der Waals surface area contributed by atoms with Gasteiger partial charge in [0.25, 0.3) is 0 Å². The second-order valence-corrected chi connectivity index (χ2v) is 5.98. The van der Waals surface area contributed by atoms with Gasteiger partial charge in [-0.3, -0.25) is 4.57 Å². The van der Waals surface area contributed by atoms with Crippen LogP contribution in [0.15, 0.2) is 60.0 Å². The predicted molar refractivity (Wildman–Crippen MR) is 88.9 cm³/mol. The van der Waals surface area contributed by atoms with Gasteiger partial charge in [-0.05, 0) is 42.0 Å². The smallest absolute Gasteiger partial charge is 0.195 e. The van der Waals surface area contributed by atoms with Crippen LogP contribution in [0.5, 0.6) is 5.75 Å². The van der Waals surface area contributed by atoms with Gasteiger partial charge in [0.2, 0.25) is 0 Å². The second-order valence-electron chi connectivity index (χ2n) is 4.60. The van der Waals surface area contributed by atoms with E-state index in [0.29, 0.717) is 0 Å². The van der Waals surface area contributed by atoms with E-state index in [4.69, 9.17) is 16.3 Å². The third kappa shape index (κ3) is 3.43. The van der Waals surface area contributed by atoms with Crippen molar-refractivity contribution in [3.8, 4) is 11.4 Å². The number of halogens is 1. The number of methoxy groups -OCH3 is 1. The first kappa shape index (κ1) is 14.9. The Bertz CT molecular complexity index is 758. The molecule has 3 aromatic rings. The fourth-order valence-electron chi connectivity index (χ4n) is 2.02. The van der Waals surface area contributed by atoms with Crippen LogP contribution < -0.4 is 4.74 Å². The minimum Gasteiger partial charge on any atom is -0.497 e. The first-order valence-electron chi connectivity index (χ1n) is 6.68. The summed E-state index contributed by atoms with van der Waals surface area (Å²) in [6, 6.07) is 15.6. The van der Waals surface area contributed by atoms with Crippen molar-refractivity contribution in [2.45, 2.75) is 10.9 Å². The van der Waals surface area contributed by atoms with Gasteiger partial charge in [0.05, 0.1) is 7.11 Å². The van der Waals surface area contributed by atoms with Gasteiger partial charge in [-0.25, -0.2) is 0 Å². The molecule has 0 atom stereocenters. The summed E-state index contributed by atoms with van der Waals surface area (Å²) < 4.78 is 7.13. The molecule has 3 rings (SSSR count). The second kappa shape index (κ2) is 6.85. The highest BCUT2D eigenvalue weighted by molar-refractivity contribution is 7.98. The quantitative estimate of drug-likeness (QED) is 0.656. The largest absolute Gasteiger partial charge is 0.497 e. The molecule has 0 N–H and O–H groups in total. The number of thioether (sulfide) groups is 1. The first-order valence-corrected chi connectivity index (χ1v) is 8.04. The standard InChI is InChI=1S/C16H14ClN3OS/c1-21-15-7-5-14(6-8-15)20-11-18-19-16(20)22-10-12-3-2-4-13(17)9-12/h2-9,11H,10H2,1H3. The Morgan fingerprint density at radius 3 is 2.73 bits per heavy atom. The molecule has 2 aromatic carbocycles. The Kier molecular flexibility index (Phi) is 4.65. The van der Waals surface area contributed by atoms with Gasteiger partial charge in [0, 0.05) is 16.5 Å². The van der Waals surface area contributed by atoms with Crippen molar-refractivity contribution in [1.29, 1.82) is 0 Å². The molecule has 112 valence electrons. The van der Waals surface area contributed by atoms with E-state index in [-0.39, 0.29) is 0 Å². The maximum absolute atomic E-state index is 6.01. The lowest BCUT2D eigenvalue weighted by atomic mass is 10.2. The molecule has 4 nitrogen and oxygen atoms in total. The highest BCUT2D eigenvalue weighted by Gasteiger charge is 2.08. The minimum absolute atomic E-state index is 0.745. The number of rotatable bonds is 5. The molecular weight excluding hydrogens is 318 g/mol. The number of hydrogen-bond acceptors (Lipinski definition) is 4. The summed E-state index contributed by atoms with van der Waals surface area (Å²) in [5.74, 6) is 1.61. The van der Waals surface area contributed by atoms with Gasteiger partial charge in [0.1, 0.15) is 12.1 Å². The van der Waals surface area contributed by atoms with E-state index >= 15 is 0 Å². The van der Waals surface area contributed by atoms with Gasteiger partial charge >= 0.3 is 0 Å². The van der Waals surface area contributed by atoms with E-state index in [1.807, 2.05) is 53.1 Å². The molecule has 1 heterocycles. The normalized spacial score (nSPS) is 10.6. The van der Waals surface area contributed by atoms with Crippen LogP contribution in [-0.2, 0) is 5.75 Å². The highest BCUT2D eigenvalue weighted by Crippen LogP contribution is 2.25. The maximum atomic E-state index is 6.01. The number of hydrogen-bond donors (Lipinski definition) is 0. The Morgan fingerprint density at radius 1 is 1.18 bits per heavy atom. The topological polar surface area (TPSA) is 39.9 Å². The monoisotopic (exact) mass is 331 g/mol. The Balaban J connectivity index is 1.76. The van der Waals surface area contributed by atoms with Crippen LogP contribution in [-0.4, -0.2) is 21.9 Å². The van der Waals surface area contributed by atoms with Crippen molar-refractivity contribution in [3.63, 3.8) is 0 Å². The Morgan fingerprint density at radius 2 is 2.00 bits per heavy atom. The zero-order valence-electron chi connectivity index (χ0n) is 11.9. The lowest BCUT2D eigenvalue weighted by Gasteiger charge is -2.07. The summed E-state index contributed by atoms with van der Waals surface area (Å²) in [6.45, 7) is 0. The molecule has 0 unspecified atom stereocenters. The lowest BCUT2D eigenvalue weighted by molar-refractivity contribution is 0.414. The van der Waals surface area contributed by atoms with Crippen LogP contribution >= 0.6 is 23.4 Å². The average molecular weight is 332 g/mol. The average Bonchev–Trinajstić information content (AvgIpc) is 3.01. The van der Waals surface area contributed by atoms with Crippen LogP contribution in [0.1, 0.15) is 5.56 Å². The molecule has 0 aliphatic rings. The molecule has 6 heteroatoms. The van der Waals surface area contributed by atoms with Gasteiger partial charge in [-0.15, -0.1) is 10.2 Å². The molecule has 0 fully saturated rings. The van der Waals surface area contributed by atoms with Crippen molar-refractivity contribution in [3.05, 3.63) is 65.4 Å². The third-order valence-electron chi connectivity index (χ3n) is 3.12. The van der Waals surface area contributed by atoms with Gasteiger partial charge in [0.15, 0.2) is 5.16 Å². The van der Waals surface area contributed by atoms with Crippen LogP contribution in [0.3, 0.4) is 0 Å². The van der Waals surface area contributed by atoms with Crippen molar-refractivity contribution in [2.75, 3.05) is 7.11 Å². The van der Waals surface area contributed by atoms with Crippen LogP contribution in [0.4, 0.5) is 0 Å². The molecule has 0 aliphatic heterocycles. The molecule has 0 saturated heterocycles. The maximum Gasteiger partial charge on any atom is 0.195 e. The van der Waals surface area contributed by atoms with Gasteiger partial charge < -0.3 is 4.74 Å². The van der Waals surface area contributed by atoms with E-state index in [1.54, 1.807) is 25.2 Å². The van der Waals surface area contributed by atoms with E-state index < -0.39 is 0 Å². The third-order valence-corrected chi connectivity index (χ3v) is 4.37. The lowest BCUT2D eigenvalue weighted by Crippen LogP contribution is -1.95. The Labute approximate surface area is 138 Å². The molecule has 0 aliphatic carbocycles. The fourth-order valence-corrected chi connectivity index (χ4v) is 3.10. The summed E-state index contributed by atoms with van der Waals surface area (Å²) >= 11 is 7.63. The first-order chi connectivity index (χ1) is 10.8. The zero-order valence-corrected chi connectivity index (χ0v) is 13.5. The molecule has 0 radical (unpaired) electrons. The van der Waals surface area contributed by atoms with Gasteiger partial charge in [-0.2, -0.15) is 0 Å². The van der Waals surface area contributed by atoms with Crippen LogP contribution in [0.2, 0.25) is 5.02 Å². The molecular formula is C16H14ClN3OS. The van der Waals surface area contributed by atoms with Crippen molar-refractivity contribution >= 4 is 23.4 Å². The summed E-state index contributed by atoms with van der Waals surface area (Å²) in [5, 5.41) is 9.77. The van der Waals surface area contributed by atoms with Crippen LogP contribution in [0.25, 0.3) is 5.69 Å². The number of nitrogens with zero attached hydrogens (tertiary/aromatic N) is 3. The molecule has 0 saturated carbocycles. The van der Waals surface area contributed by atoms with E-state index in [2.05, 4.69) is 10.2 Å². The zero-order chi connectivity index (χ0) is 15.4.